The molecule has 1 aliphatic carbocycles. The van der Waals surface area contributed by atoms with Gasteiger partial charge < -0.3 is 19.7 Å². The highest BCUT2D eigenvalue weighted by Gasteiger charge is 2.45. The Labute approximate surface area is 185 Å². The summed E-state index contributed by atoms with van der Waals surface area (Å²) in [6.07, 6.45) is 6.43. The summed E-state index contributed by atoms with van der Waals surface area (Å²) >= 11 is 5.76. The van der Waals surface area contributed by atoms with Gasteiger partial charge in [0.15, 0.2) is 5.11 Å². The molecule has 2 aromatic heterocycles. The molecule has 7 heteroatoms. The van der Waals surface area contributed by atoms with Crippen molar-refractivity contribution in [1.29, 1.82) is 0 Å². The number of benzene rings is 1. The molecule has 0 radical (unpaired) electrons. The topological polar surface area (TPSA) is 78.6 Å². The van der Waals surface area contributed by atoms with Gasteiger partial charge in [-0.2, -0.15) is 0 Å². The first-order valence-corrected chi connectivity index (χ1v) is 11.0. The molecule has 3 heterocycles. The normalized spacial score (nSPS) is 21.4. The quantitative estimate of drug-likeness (QED) is 0.551. The molecular weight excluding hydrogens is 410 g/mol. The predicted molar refractivity (Wildman–Crippen MR) is 121 cm³/mol. The number of furan rings is 1. The highest BCUT2D eigenvalue weighted by molar-refractivity contribution is 7.80. The third kappa shape index (κ3) is 3.70. The van der Waals surface area contributed by atoms with Gasteiger partial charge in [-0.15, -0.1) is 0 Å². The van der Waals surface area contributed by atoms with Gasteiger partial charge in [0.1, 0.15) is 17.6 Å². The number of hydrogen-bond acceptors (Lipinski definition) is 4. The van der Waals surface area contributed by atoms with Crippen molar-refractivity contribution in [3.05, 3.63) is 77.8 Å². The van der Waals surface area contributed by atoms with Crippen LogP contribution in [0.5, 0.6) is 0 Å². The van der Waals surface area contributed by atoms with Gasteiger partial charge >= 0.3 is 5.97 Å². The second-order valence-electron chi connectivity index (χ2n) is 8.06. The first kappa shape index (κ1) is 19.8. The second kappa shape index (κ2) is 8.15. The molecule has 0 unspecified atom stereocenters. The van der Waals surface area contributed by atoms with Gasteiger partial charge in [-0.05, 0) is 61.5 Å². The van der Waals surface area contributed by atoms with E-state index in [4.69, 9.17) is 16.6 Å². The van der Waals surface area contributed by atoms with Gasteiger partial charge in [0.25, 0.3) is 0 Å². The highest BCUT2D eigenvalue weighted by atomic mass is 32.1. The largest absolute Gasteiger partial charge is 0.478 e. The summed E-state index contributed by atoms with van der Waals surface area (Å²) < 4.78 is 6.32. The lowest BCUT2D eigenvalue weighted by atomic mass is 10.0. The number of thiocarbonyl (C=S) groups is 1. The molecular formula is C24H23N3O3S. The lowest BCUT2D eigenvalue weighted by Crippen LogP contribution is -2.37. The minimum absolute atomic E-state index is 0.109. The second-order valence-corrected chi connectivity index (χ2v) is 8.45. The maximum absolute atomic E-state index is 11.4. The summed E-state index contributed by atoms with van der Waals surface area (Å²) in [7, 11) is 0. The smallest absolute Gasteiger partial charge is 0.335 e. The van der Waals surface area contributed by atoms with E-state index in [-0.39, 0.29) is 17.6 Å². The van der Waals surface area contributed by atoms with E-state index in [9.17, 15) is 9.90 Å². The maximum atomic E-state index is 11.4. The molecule has 5 rings (SSSR count). The molecule has 2 fully saturated rings. The van der Waals surface area contributed by atoms with E-state index in [2.05, 4.69) is 15.2 Å². The minimum atomic E-state index is -0.957. The van der Waals surface area contributed by atoms with Crippen LogP contribution in [0, 0.1) is 0 Å². The summed E-state index contributed by atoms with van der Waals surface area (Å²) in [6, 6.07) is 16.7. The van der Waals surface area contributed by atoms with Crippen molar-refractivity contribution in [1.82, 2.24) is 15.2 Å². The number of carboxylic acid groups (broad SMARTS) is 1. The van der Waals surface area contributed by atoms with Crippen molar-refractivity contribution in [3.63, 3.8) is 0 Å². The van der Waals surface area contributed by atoms with E-state index in [1.54, 1.807) is 24.4 Å². The molecule has 1 aliphatic heterocycles. The number of hydrogen-bond donors (Lipinski definition) is 2. The molecule has 0 spiro atoms. The van der Waals surface area contributed by atoms with Gasteiger partial charge in [0.05, 0.1) is 17.3 Å². The van der Waals surface area contributed by atoms with Crippen LogP contribution in [0.1, 0.15) is 59.6 Å². The Morgan fingerprint density at radius 3 is 2.71 bits per heavy atom. The van der Waals surface area contributed by atoms with Crippen LogP contribution in [-0.4, -0.2) is 32.1 Å². The summed E-state index contributed by atoms with van der Waals surface area (Å²) in [4.78, 5) is 18.2. The maximum Gasteiger partial charge on any atom is 0.335 e. The van der Waals surface area contributed by atoms with Crippen LogP contribution < -0.4 is 5.32 Å². The van der Waals surface area contributed by atoms with Crippen molar-refractivity contribution >= 4 is 23.3 Å². The summed E-state index contributed by atoms with van der Waals surface area (Å²) in [5.74, 6) is 0.481. The van der Waals surface area contributed by atoms with Gasteiger partial charge in [-0.25, -0.2) is 4.79 Å². The Bertz CT molecular complexity index is 1110. The predicted octanol–water partition coefficient (Wildman–Crippen LogP) is 4.95. The Morgan fingerprint density at radius 2 is 1.97 bits per heavy atom. The first-order chi connectivity index (χ1) is 15.1. The van der Waals surface area contributed by atoms with Crippen LogP contribution >= 0.6 is 12.2 Å². The van der Waals surface area contributed by atoms with Crippen molar-refractivity contribution in [2.45, 2.75) is 43.8 Å². The molecule has 158 valence electrons. The fraction of sp³-hybridized carbons (Fsp3) is 0.292. The van der Waals surface area contributed by atoms with Gasteiger partial charge in [0.2, 0.25) is 0 Å². The molecule has 0 bridgehead atoms. The number of rotatable bonds is 5. The molecule has 6 nitrogen and oxygen atoms in total. The third-order valence-corrected chi connectivity index (χ3v) is 6.49. The first-order valence-electron chi connectivity index (χ1n) is 10.5. The van der Waals surface area contributed by atoms with E-state index in [0.717, 1.165) is 35.0 Å². The summed E-state index contributed by atoms with van der Waals surface area (Å²) in [5, 5.41) is 13.5. The fourth-order valence-electron chi connectivity index (χ4n) is 4.72. The Balaban J connectivity index is 1.54. The number of pyridine rings is 1. The molecule has 1 aromatic carbocycles. The van der Waals surface area contributed by atoms with Crippen molar-refractivity contribution < 1.29 is 14.3 Å². The summed E-state index contributed by atoms with van der Waals surface area (Å²) in [6.45, 7) is 0. The SMILES string of the molecule is O=C(O)c1cccc(-c2ccc([C@H]3[C@@H](c4ccccn4)NC(=S)N3C3CCCC3)o2)c1. The molecule has 31 heavy (non-hydrogen) atoms. The average molecular weight is 434 g/mol. The molecule has 2 N–H and O–H groups in total. The molecule has 0 amide bonds. The van der Waals surface area contributed by atoms with Gasteiger partial charge in [-0.3, -0.25) is 4.98 Å². The van der Waals surface area contributed by atoms with E-state index >= 15 is 0 Å². The summed E-state index contributed by atoms with van der Waals surface area (Å²) in [5.41, 5.74) is 1.89. The number of carbonyl (C=O) groups is 1. The number of carboxylic acids is 1. The van der Waals surface area contributed by atoms with Crippen LogP contribution in [0.4, 0.5) is 0 Å². The fourth-order valence-corrected chi connectivity index (χ4v) is 5.11. The zero-order chi connectivity index (χ0) is 21.4. The van der Waals surface area contributed by atoms with Crippen molar-refractivity contribution in [3.8, 4) is 11.3 Å². The zero-order valence-electron chi connectivity index (χ0n) is 16.9. The Kier molecular flexibility index (Phi) is 5.19. The third-order valence-electron chi connectivity index (χ3n) is 6.17. The number of nitrogens with one attached hydrogen (secondary N) is 1. The zero-order valence-corrected chi connectivity index (χ0v) is 17.7. The molecule has 2 aliphatic rings. The van der Waals surface area contributed by atoms with Gasteiger partial charge in [-0.1, -0.05) is 31.0 Å². The average Bonchev–Trinajstić information content (AvgIpc) is 3.54. The minimum Gasteiger partial charge on any atom is -0.478 e. The van der Waals surface area contributed by atoms with E-state index in [0.29, 0.717) is 11.8 Å². The Morgan fingerprint density at radius 1 is 1.13 bits per heavy atom. The highest BCUT2D eigenvalue weighted by Crippen LogP contribution is 2.44. The Hall–Kier alpha value is -3.19. The standard InChI is InChI=1S/C24H23N3O3S/c28-23(29)16-7-5-6-15(14-16)19-11-12-20(30-19)22-21(18-10-3-4-13-25-18)26-24(31)27(22)17-8-1-2-9-17/h3-7,10-14,17,21-22H,1-2,8-9H2,(H,26,31)(H,28,29)/t21-,22+/m1/s1. The molecule has 2 atom stereocenters. The van der Waals surface area contributed by atoms with E-state index < -0.39 is 5.97 Å². The number of aromatic carboxylic acids is 1. The van der Waals surface area contributed by atoms with Crippen LogP contribution in [-0.2, 0) is 0 Å². The monoisotopic (exact) mass is 433 g/mol. The number of aromatic nitrogens is 1. The van der Waals surface area contributed by atoms with Crippen LogP contribution in [0.15, 0.2) is 65.2 Å². The molecule has 3 aromatic rings. The molecule has 1 saturated heterocycles. The molecule has 1 saturated carbocycles. The van der Waals surface area contributed by atoms with Gasteiger partial charge in [0, 0.05) is 17.8 Å². The van der Waals surface area contributed by atoms with Crippen LogP contribution in [0.2, 0.25) is 0 Å². The van der Waals surface area contributed by atoms with Crippen molar-refractivity contribution in [2.75, 3.05) is 0 Å². The van der Waals surface area contributed by atoms with Crippen molar-refractivity contribution in [2.24, 2.45) is 0 Å². The lowest BCUT2D eigenvalue weighted by molar-refractivity contribution is 0.0697. The van der Waals surface area contributed by atoms with Crippen LogP contribution in [0.25, 0.3) is 11.3 Å². The lowest BCUT2D eigenvalue weighted by Gasteiger charge is -2.31. The van der Waals surface area contributed by atoms with E-state index in [1.165, 1.54) is 12.8 Å². The number of nitrogens with zero attached hydrogens (tertiary/aromatic N) is 2. The van der Waals surface area contributed by atoms with E-state index in [1.807, 2.05) is 36.4 Å². The van der Waals surface area contributed by atoms with Crippen LogP contribution in [0.3, 0.4) is 0 Å².